The van der Waals surface area contributed by atoms with Gasteiger partial charge in [-0.2, -0.15) is 5.10 Å². The third-order valence-corrected chi connectivity index (χ3v) is 5.19. The molecule has 0 aromatic heterocycles. The molecule has 1 heterocycles. The van der Waals surface area contributed by atoms with Crippen LogP contribution in [0.25, 0.3) is 0 Å². The van der Waals surface area contributed by atoms with Gasteiger partial charge in [0, 0.05) is 18.4 Å². The van der Waals surface area contributed by atoms with Crippen LogP contribution in [0.15, 0.2) is 58.6 Å². The van der Waals surface area contributed by atoms with Crippen molar-refractivity contribution in [2.24, 2.45) is 10.1 Å². The fourth-order valence-electron chi connectivity index (χ4n) is 2.19. The fraction of sp³-hybridized carbons (Fsp3) is 0.176. The number of hydrazone groups is 1. The third-order valence-electron chi connectivity index (χ3n) is 3.38. The highest BCUT2D eigenvalue weighted by Gasteiger charge is 2.18. The van der Waals surface area contributed by atoms with Gasteiger partial charge in [-0.05, 0) is 17.7 Å². The van der Waals surface area contributed by atoms with Gasteiger partial charge in [0.25, 0.3) is 0 Å². The predicted molar refractivity (Wildman–Crippen MR) is 101 cm³/mol. The van der Waals surface area contributed by atoms with Gasteiger partial charge in [0.2, 0.25) is 0 Å². The van der Waals surface area contributed by atoms with Crippen molar-refractivity contribution in [1.82, 2.24) is 5.01 Å². The summed E-state index contributed by atoms with van der Waals surface area (Å²) in [6, 6.07) is 15.8. The molecule has 1 aliphatic rings. The first-order chi connectivity index (χ1) is 11.1. The van der Waals surface area contributed by atoms with Crippen LogP contribution < -0.4 is 0 Å². The Balaban J connectivity index is 1.75. The molecule has 3 rings (SSSR count). The van der Waals surface area contributed by atoms with Crippen LogP contribution in [-0.4, -0.2) is 28.7 Å². The van der Waals surface area contributed by atoms with Gasteiger partial charge in [0.1, 0.15) is 0 Å². The van der Waals surface area contributed by atoms with E-state index < -0.39 is 0 Å². The summed E-state index contributed by atoms with van der Waals surface area (Å²) in [5.74, 6) is 0.760. The maximum atomic E-state index is 6.08. The third kappa shape index (κ3) is 4.08. The second kappa shape index (κ2) is 7.39. The van der Waals surface area contributed by atoms with E-state index in [1.54, 1.807) is 17.8 Å². The molecule has 0 atom stereocenters. The normalized spacial score (nSPS) is 16.6. The number of rotatable bonds is 3. The molecule has 0 bridgehead atoms. The topological polar surface area (TPSA) is 28.0 Å². The Hall–Kier alpha value is -1.49. The zero-order valence-electron chi connectivity index (χ0n) is 12.5. The van der Waals surface area contributed by atoms with Gasteiger partial charge in [0.15, 0.2) is 5.17 Å². The van der Waals surface area contributed by atoms with E-state index >= 15 is 0 Å². The molecule has 0 N–H and O–H groups in total. The quantitative estimate of drug-likeness (QED) is 0.772. The molecule has 2 aromatic carbocycles. The molecule has 0 spiro atoms. The molecule has 2 aromatic rings. The lowest BCUT2D eigenvalue weighted by Crippen LogP contribution is -2.27. The predicted octanol–water partition coefficient (Wildman–Crippen LogP) is 4.93. The lowest BCUT2D eigenvalue weighted by Gasteiger charge is -2.23. The first-order valence-electron chi connectivity index (χ1n) is 7.11. The number of hydrogen-bond donors (Lipinski definition) is 0. The number of benzene rings is 2. The van der Waals surface area contributed by atoms with E-state index in [1.165, 1.54) is 5.56 Å². The van der Waals surface area contributed by atoms with Crippen molar-refractivity contribution in [3.8, 4) is 0 Å². The molecule has 0 amide bonds. The van der Waals surface area contributed by atoms with Crippen LogP contribution in [0.2, 0.25) is 10.0 Å². The number of thioether (sulfide) groups is 1. The van der Waals surface area contributed by atoms with Crippen LogP contribution in [0.1, 0.15) is 11.1 Å². The summed E-state index contributed by atoms with van der Waals surface area (Å²) < 4.78 is 0. The molecule has 23 heavy (non-hydrogen) atoms. The largest absolute Gasteiger partial charge is 0.256 e. The molecule has 1 aliphatic heterocycles. The Labute approximate surface area is 150 Å². The SMILES string of the molecule is CN1N=C(c2ccc(Cl)c(Cl)c2)CSC1=NCc1ccccc1. The highest BCUT2D eigenvalue weighted by atomic mass is 35.5. The summed E-state index contributed by atoms with van der Waals surface area (Å²) in [6.45, 7) is 0.658. The van der Waals surface area contributed by atoms with E-state index in [4.69, 9.17) is 23.2 Å². The van der Waals surface area contributed by atoms with Gasteiger partial charge in [-0.15, -0.1) is 0 Å². The first kappa shape index (κ1) is 16.4. The summed E-state index contributed by atoms with van der Waals surface area (Å²) in [7, 11) is 1.91. The van der Waals surface area contributed by atoms with Crippen molar-refractivity contribution in [1.29, 1.82) is 0 Å². The molecule has 0 saturated carbocycles. The van der Waals surface area contributed by atoms with Crippen molar-refractivity contribution in [3.05, 3.63) is 69.7 Å². The van der Waals surface area contributed by atoms with Crippen LogP contribution in [-0.2, 0) is 6.54 Å². The Morgan fingerprint density at radius 3 is 2.61 bits per heavy atom. The van der Waals surface area contributed by atoms with Crippen molar-refractivity contribution >= 4 is 45.8 Å². The van der Waals surface area contributed by atoms with Gasteiger partial charge in [-0.3, -0.25) is 4.99 Å². The Morgan fingerprint density at radius 2 is 1.91 bits per heavy atom. The number of halogens is 2. The summed E-state index contributed by atoms with van der Waals surface area (Å²) in [6.07, 6.45) is 0. The Kier molecular flexibility index (Phi) is 5.26. The van der Waals surface area contributed by atoms with Crippen LogP contribution in [0.5, 0.6) is 0 Å². The van der Waals surface area contributed by atoms with Crippen LogP contribution in [0.3, 0.4) is 0 Å². The number of amidine groups is 1. The Bertz CT molecular complexity index is 760. The van der Waals surface area contributed by atoms with Crippen LogP contribution >= 0.6 is 35.0 Å². The monoisotopic (exact) mass is 363 g/mol. The van der Waals surface area contributed by atoms with Gasteiger partial charge in [0.05, 0.1) is 22.3 Å². The highest BCUT2D eigenvalue weighted by Crippen LogP contribution is 2.25. The van der Waals surface area contributed by atoms with Gasteiger partial charge >= 0.3 is 0 Å². The smallest absolute Gasteiger partial charge is 0.180 e. The van der Waals surface area contributed by atoms with Gasteiger partial charge in [-0.25, -0.2) is 5.01 Å². The van der Waals surface area contributed by atoms with E-state index in [2.05, 4.69) is 22.2 Å². The van der Waals surface area contributed by atoms with Crippen molar-refractivity contribution in [3.63, 3.8) is 0 Å². The van der Waals surface area contributed by atoms with Crippen LogP contribution in [0, 0.1) is 0 Å². The van der Waals surface area contributed by atoms with Crippen molar-refractivity contribution in [2.75, 3.05) is 12.8 Å². The molecule has 6 heteroatoms. The van der Waals surface area contributed by atoms with E-state index in [9.17, 15) is 0 Å². The Morgan fingerprint density at radius 1 is 1.13 bits per heavy atom. The maximum absolute atomic E-state index is 6.08. The zero-order chi connectivity index (χ0) is 16.2. The average molecular weight is 364 g/mol. The van der Waals surface area contributed by atoms with Gasteiger partial charge < -0.3 is 0 Å². The summed E-state index contributed by atoms with van der Waals surface area (Å²) in [4.78, 5) is 4.65. The van der Waals surface area contributed by atoms with Crippen molar-refractivity contribution in [2.45, 2.75) is 6.54 Å². The maximum Gasteiger partial charge on any atom is 0.180 e. The molecule has 0 fully saturated rings. The molecular weight excluding hydrogens is 349 g/mol. The highest BCUT2D eigenvalue weighted by molar-refractivity contribution is 8.14. The zero-order valence-corrected chi connectivity index (χ0v) is 14.9. The van der Waals surface area contributed by atoms with E-state index in [0.717, 1.165) is 22.2 Å². The minimum Gasteiger partial charge on any atom is -0.256 e. The molecule has 0 unspecified atom stereocenters. The molecule has 0 radical (unpaired) electrons. The molecule has 118 valence electrons. The molecular formula is C17H15Cl2N3S. The number of hydrogen-bond acceptors (Lipinski definition) is 3. The number of aliphatic imine (C=N–C) groups is 1. The molecule has 3 nitrogen and oxygen atoms in total. The average Bonchev–Trinajstić information content (AvgIpc) is 2.57. The minimum atomic E-state index is 0.545. The fourth-order valence-corrected chi connectivity index (χ4v) is 3.36. The van der Waals surface area contributed by atoms with E-state index in [1.807, 2.05) is 42.4 Å². The second-order valence-electron chi connectivity index (χ2n) is 5.07. The first-order valence-corrected chi connectivity index (χ1v) is 8.85. The molecule has 0 aliphatic carbocycles. The standard InChI is InChI=1S/C17H15Cl2N3S/c1-22-17(20-10-12-5-3-2-4-6-12)23-11-16(21-22)13-7-8-14(18)15(19)9-13/h2-9H,10-11H2,1H3. The van der Waals surface area contributed by atoms with E-state index in [-0.39, 0.29) is 0 Å². The summed E-state index contributed by atoms with van der Waals surface area (Å²) in [5.41, 5.74) is 3.14. The number of nitrogens with zero attached hydrogens (tertiary/aromatic N) is 3. The van der Waals surface area contributed by atoms with Crippen LogP contribution in [0.4, 0.5) is 0 Å². The van der Waals surface area contributed by atoms with Gasteiger partial charge in [-0.1, -0.05) is 71.4 Å². The lowest BCUT2D eigenvalue weighted by molar-refractivity contribution is 0.550. The summed E-state index contributed by atoms with van der Waals surface area (Å²) in [5, 5.41) is 8.44. The lowest BCUT2D eigenvalue weighted by atomic mass is 10.1. The summed E-state index contributed by atoms with van der Waals surface area (Å²) >= 11 is 13.7. The van der Waals surface area contributed by atoms with Crippen molar-refractivity contribution < 1.29 is 0 Å². The minimum absolute atomic E-state index is 0.545. The second-order valence-corrected chi connectivity index (χ2v) is 6.83. The van der Waals surface area contributed by atoms with E-state index in [0.29, 0.717) is 16.6 Å². The molecule has 0 saturated heterocycles.